The lowest BCUT2D eigenvalue weighted by molar-refractivity contribution is -0.216. The van der Waals surface area contributed by atoms with Crippen LogP contribution < -0.4 is 4.90 Å². The van der Waals surface area contributed by atoms with Crippen molar-refractivity contribution >= 4 is 29.6 Å². The summed E-state index contributed by atoms with van der Waals surface area (Å²) < 4.78 is 17.2. The largest absolute Gasteiger partial charge is 0.348 e. The van der Waals surface area contributed by atoms with Crippen LogP contribution in [0.1, 0.15) is 31.1 Å². The molecule has 0 bridgehead atoms. The van der Waals surface area contributed by atoms with E-state index >= 15 is 0 Å². The van der Waals surface area contributed by atoms with Gasteiger partial charge in [-0.2, -0.15) is 4.33 Å². The van der Waals surface area contributed by atoms with Crippen LogP contribution in [0.3, 0.4) is 0 Å². The maximum absolute atomic E-state index is 6.16. The van der Waals surface area contributed by atoms with Crippen molar-refractivity contribution < 1.29 is 18.7 Å². The number of nitrogens with zero attached hydrogens (tertiary/aromatic N) is 3. The second-order valence-electron chi connectivity index (χ2n) is 8.54. The summed E-state index contributed by atoms with van der Waals surface area (Å²) in [6, 6.07) is 7.99. The molecule has 0 radical (unpaired) electrons. The minimum absolute atomic E-state index is 0.197. The summed E-state index contributed by atoms with van der Waals surface area (Å²) in [6.45, 7) is 3.51. The molecular weight excluding hydrogens is 438 g/mol. The number of rotatable bonds is 6. The van der Waals surface area contributed by atoms with Crippen LogP contribution in [0.2, 0.25) is 5.02 Å². The van der Waals surface area contributed by atoms with Crippen molar-refractivity contribution in [3.05, 3.63) is 47.2 Å². The van der Waals surface area contributed by atoms with Gasteiger partial charge < -0.3 is 14.4 Å². The Kier molecular flexibility index (Phi) is 6.37. The smallest absolute Gasteiger partial charge is 0.225 e. The molecule has 1 saturated carbocycles. The molecule has 2 aliphatic heterocycles. The van der Waals surface area contributed by atoms with Gasteiger partial charge in [-0.1, -0.05) is 23.7 Å². The van der Waals surface area contributed by atoms with E-state index in [4.69, 9.17) is 25.4 Å². The fraction of sp³-hybridized carbons (Fsp3) is 0.545. The molecule has 9 heteroatoms. The van der Waals surface area contributed by atoms with E-state index < -0.39 is 0 Å². The van der Waals surface area contributed by atoms with Gasteiger partial charge in [0.1, 0.15) is 0 Å². The summed E-state index contributed by atoms with van der Waals surface area (Å²) in [5, 5.41) is 0.573. The molecule has 3 fully saturated rings. The third-order valence-electron chi connectivity index (χ3n) is 6.65. The van der Waals surface area contributed by atoms with Crippen molar-refractivity contribution in [3.8, 4) is 0 Å². The average molecular weight is 464 g/mol. The number of hydrogen-bond acceptors (Lipinski definition) is 8. The number of ether oxygens (including phenoxy) is 2. The van der Waals surface area contributed by atoms with Crippen LogP contribution in [0.25, 0.3) is 0 Å². The third-order valence-corrected chi connectivity index (χ3v) is 7.51. The summed E-state index contributed by atoms with van der Waals surface area (Å²) >= 11 is 7.08. The molecule has 0 amide bonds. The van der Waals surface area contributed by atoms with Crippen LogP contribution in [0.5, 0.6) is 0 Å². The van der Waals surface area contributed by atoms with E-state index in [1.165, 1.54) is 25.6 Å². The van der Waals surface area contributed by atoms with Gasteiger partial charge in [0.15, 0.2) is 6.29 Å². The Morgan fingerprint density at radius 3 is 2.42 bits per heavy atom. The zero-order valence-electron chi connectivity index (χ0n) is 17.4. The Balaban J connectivity index is 1.10. The summed E-state index contributed by atoms with van der Waals surface area (Å²) in [6.07, 6.45) is 6.55. The minimum Gasteiger partial charge on any atom is -0.348 e. The van der Waals surface area contributed by atoms with Gasteiger partial charge in [0.25, 0.3) is 0 Å². The lowest BCUT2D eigenvalue weighted by Crippen LogP contribution is -2.37. The molecule has 7 nitrogen and oxygen atoms in total. The van der Waals surface area contributed by atoms with E-state index in [2.05, 4.69) is 19.8 Å². The number of benzene rings is 1. The van der Waals surface area contributed by atoms with Crippen LogP contribution in [-0.2, 0) is 18.7 Å². The highest BCUT2D eigenvalue weighted by Gasteiger charge is 2.59. The van der Waals surface area contributed by atoms with Crippen LogP contribution in [-0.4, -0.2) is 43.4 Å². The first-order valence-electron chi connectivity index (χ1n) is 10.6. The average Bonchev–Trinajstić information content (AvgIpc) is 3.52. The predicted octanol–water partition coefficient (Wildman–Crippen LogP) is 4.68. The first-order valence-corrected chi connectivity index (χ1v) is 11.7. The second kappa shape index (κ2) is 9.21. The summed E-state index contributed by atoms with van der Waals surface area (Å²) in [5.41, 5.74) is 1.23. The molecule has 3 aliphatic rings. The Labute approximate surface area is 191 Å². The summed E-state index contributed by atoms with van der Waals surface area (Å²) in [5.74, 6) is 2.18. The van der Waals surface area contributed by atoms with Gasteiger partial charge in [0, 0.05) is 29.0 Å². The SMILES string of the molecule is COOSc1ccc(C2OCC3(CO2)CC3C2CCN(c3ncc(Cl)cn3)CC2)cc1. The lowest BCUT2D eigenvalue weighted by Gasteiger charge is -2.35. The lowest BCUT2D eigenvalue weighted by atomic mass is 9.87. The van der Waals surface area contributed by atoms with Crippen molar-refractivity contribution in [1.82, 2.24) is 9.97 Å². The fourth-order valence-electron chi connectivity index (χ4n) is 4.87. The van der Waals surface area contributed by atoms with E-state index in [9.17, 15) is 0 Å². The molecule has 3 heterocycles. The zero-order chi connectivity index (χ0) is 21.3. The molecule has 1 aromatic heterocycles. The van der Waals surface area contributed by atoms with Crippen molar-refractivity contribution in [2.75, 3.05) is 38.3 Å². The summed E-state index contributed by atoms with van der Waals surface area (Å²) in [4.78, 5) is 16.6. The van der Waals surface area contributed by atoms with Gasteiger partial charge >= 0.3 is 0 Å². The number of hydrogen-bond donors (Lipinski definition) is 0. The van der Waals surface area contributed by atoms with E-state index in [0.717, 1.165) is 55.6 Å². The van der Waals surface area contributed by atoms with E-state index in [0.29, 0.717) is 16.9 Å². The van der Waals surface area contributed by atoms with Gasteiger partial charge in [0.05, 0.1) is 49.8 Å². The van der Waals surface area contributed by atoms with Crippen molar-refractivity contribution in [2.45, 2.75) is 30.4 Å². The normalized spacial score (nSPS) is 28.8. The molecule has 2 saturated heterocycles. The number of halogens is 1. The van der Waals surface area contributed by atoms with E-state index in [-0.39, 0.29) is 11.7 Å². The quantitative estimate of drug-likeness (QED) is 0.347. The standard InChI is InChI=1S/C22H26ClN3O4S/c1-27-30-31-18-4-2-16(3-5-18)20-28-13-22(14-29-20)10-19(22)15-6-8-26(9-7-15)21-24-11-17(23)12-25-21/h2-5,11-12,15,19-20H,6-10,13-14H2,1H3. The van der Waals surface area contributed by atoms with Gasteiger partial charge in [-0.3, -0.25) is 0 Å². The van der Waals surface area contributed by atoms with Crippen LogP contribution >= 0.6 is 23.6 Å². The molecule has 31 heavy (non-hydrogen) atoms. The van der Waals surface area contributed by atoms with Crippen molar-refractivity contribution in [3.63, 3.8) is 0 Å². The molecule has 1 unspecified atom stereocenters. The maximum atomic E-state index is 6.16. The van der Waals surface area contributed by atoms with Crippen LogP contribution in [0, 0.1) is 17.3 Å². The number of aromatic nitrogens is 2. The Hall–Kier alpha value is -1.42. The zero-order valence-corrected chi connectivity index (χ0v) is 19.0. The van der Waals surface area contributed by atoms with Crippen LogP contribution in [0.4, 0.5) is 5.95 Å². The number of anilines is 1. The molecule has 2 aromatic rings. The van der Waals surface area contributed by atoms with Crippen LogP contribution in [0.15, 0.2) is 41.6 Å². The van der Waals surface area contributed by atoms with Gasteiger partial charge in [-0.25, -0.2) is 14.9 Å². The molecular formula is C22H26ClN3O4S. The first kappa shape index (κ1) is 21.4. The predicted molar refractivity (Wildman–Crippen MR) is 118 cm³/mol. The van der Waals surface area contributed by atoms with Gasteiger partial charge in [0.2, 0.25) is 5.95 Å². The molecule has 5 rings (SSSR count). The van der Waals surface area contributed by atoms with Gasteiger partial charge in [-0.15, -0.1) is 0 Å². The summed E-state index contributed by atoms with van der Waals surface area (Å²) in [7, 11) is 1.49. The Bertz CT molecular complexity index is 869. The van der Waals surface area contributed by atoms with Crippen molar-refractivity contribution in [2.24, 2.45) is 17.3 Å². The second-order valence-corrected chi connectivity index (χ2v) is 9.75. The van der Waals surface area contributed by atoms with Crippen molar-refractivity contribution in [1.29, 1.82) is 0 Å². The first-order chi connectivity index (χ1) is 15.2. The molecule has 1 spiro atoms. The maximum Gasteiger partial charge on any atom is 0.225 e. The Morgan fingerprint density at radius 1 is 1.10 bits per heavy atom. The van der Waals surface area contributed by atoms with E-state index in [1.54, 1.807) is 12.4 Å². The van der Waals surface area contributed by atoms with E-state index in [1.807, 2.05) is 24.3 Å². The highest BCUT2D eigenvalue weighted by Crippen LogP contribution is 2.61. The highest BCUT2D eigenvalue weighted by atomic mass is 35.5. The molecule has 1 aliphatic carbocycles. The number of piperidine rings is 1. The molecule has 1 atom stereocenters. The monoisotopic (exact) mass is 463 g/mol. The molecule has 166 valence electrons. The minimum atomic E-state index is -0.293. The Morgan fingerprint density at radius 2 is 1.77 bits per heavy atom. The topological polar surface area (TPSA) is 65.9 Å². The third kappa shape index (κ3) is 4.69. The fourth-order valence-corrected chi connectivity index (χ4v) is 5.36. The molecule has 0 N–H and O–H groups in total. The molecule has 1 aromatic carbocycles. The highest BCUT2D eigenvalue weighted by molar-refractivity contribution is 7.94. The van der Waals surface area contributed by atoms with Gasteiger partial charge in [-0.05, 0) is 43.2 Å².